The number of fused-ring (bicyclic) bond motifs is 1. The van der Waals surface area contributed by atoms with Crippen LogP contribution < -0.4 is 9.80 Å². The largest absolute Gasteiger partial charge is 0.311 e. The first kappa shape index (κ1) is 46.7. The van der Waals surface area contributed by atoms with Crippen molar-refractivity contribution in [3.63, 3.8) is 0 Å². The lowest BCUT2D eigenvalue weighted by molar-refractivity contribution is 0.360. The van der Waals surface area contributed by atoms with E-state index in [9.17, 15) is 38.9 Å². The van der Waals surface area contributed by atoms with Gasteiger partial charge >= 0.3 is 20.4 Å². The van der Waals surface area contributed by atoms with Crippen LogP contribution in [0.2, 0.25) is 0 Å². The third kappa shape index (κ3) is 9.39. The van der Waals surface area contributed by atoms with Crippen molar-refractivity contribution in [1.82, 2.24) is 0 Å². The van der Waals surface area contributed by atoms with Crippen LogP contribution in [0.3, 0.4) is 0 Å². The minimum atomic E-state index is -10.1. The van der Waals surface area contributed by atoms with Crippen molar-refractivity contribution in [3.8, 4) is 43.1 Å². The summed E-state index contributed by atoms with van der Waals surface area (Å²) in [6.07, 6.45) is 0. The molecular weight excluding hydrogens is 995 g/mol. The van der Waals surface area contributed by atoms with E-state index in [1.165, 1.54) is 22.7 Å². The van der Waals surface area contributed by atoms with Crippen LogP contribution in [-0.2, 0) is 0 Å². The number of nitrogens with zero attached hydrogens (tertiary/aromatic N) is 2. The predicted octanol–water partition coefficient (Wildman–Crippen LogP) is 21.9. The lowest BCUT2D eigenvalue weighted by Crippen LogP contribution is -2.09. The molecule has 356 valence electrons. The number of anilines is 6. The molecule has 10 aromatic rings. The van der Waals surface area contributed by atoms with E-state index >= 15 is 0 Å². The lowest BCUT2D eigenvalue weighted by atomic mass is 9.99. The molecule has 0 aliphatic heterocycles. The summed E-state index contributed by atoms with van der Waals surface area (Å²) in [4.78, 5) is 0.959. The van der Waals surface area contributed by atoms with Crippen LogP contribution >= 0.6 is 43.1 Å². The van der Waals surface area contributed by atoms with Crippen molar-refractivity contribution in [2.45, 2.75) is 9.79 Å². The van der Waals surface area contributed by atoms with E-state index in [0.29, 0.717) is 65.7 Å². The summed E-state index contributed by atoms with van der Waals surface area (Å²) in [5.41, 5.74) is 7.26. The van der Waals surface area contributed by atoms with E-state index in [-0.39, 0.29) is 11.1 Å². The summed E-state index contributed by atoms with van der Waals surface area (Å²) in [6, 6.07) is 58.5. The molecule has 0 saturated carbocycles. The number of thiophene rings is 2. The first-order valence-electron chi connectivity index (χ1n) is 21.3. The van der Waals surface area contributed by atoms with E-state index in [1.807, 2.05) is 180 Å². The van der Waals surface area contributed by atoms with E-state index in [2.05, 4.69) is 0 Å². The third-order valence-corrected chi connectivity index (χ3v) is 16.5. The molecule has 8 aromatic carbocycles. The fourth-order valence-corrected chi connectivity index (χ4v) is 12.6. The van der Waals surface area contributed by atoms with Crippen molar-refractivity contribution in [2.24, 2.45) is 0 Å². The van der Waals surface area contributed by atoms with Crippen molar-refractivity contribution in [1.29, 1.82) is 0 Å². The summed E-state index contributed by atoms with van der Waals surface area (Å²) in [5, 5.41) is 0. The summed E-state index contributed by atoms with van der Waals surface area (Å²) in [5.74, 6) is 0. The van der Waals surface area contributed by atoms with Crippen LogP contribution in [0, 0.1) is 0 Å². The molecule has 0 spiro atoms. The van der Waals surface area contributed by atoms with Gasteiger partial charge in [0.2, 0.25) is 0 Å². The molecule has 0 saturated heterocycles. The zero-order valence-corrected chi connectivity index (χ0v) is 39.4. The molecule has 2 heterocycles. The smallest absolute Gasteiger partial charge is 0.310 e. The van der Waals surface area contributed by atoms with Crippen LogP contribution in [0.4, 0.5) is 73.0 Å². The highest BCUT2D eigenvalue weighted by atomic mass is 32.5. The Kier molecular flexibility index (Phi) is 10.5. The number of halogens is 10. The van der Waals surface area contributed by atoms with Gasteiger partial charge in [0.05, 0.1) is 9.40 Å². The van der Waals surface area contributed by atoms with Gasteiger partial charge in [-0.15, -0.1) is 22.7 Å². The Labute approximate surface area is 404 Å². The minimum Gasteiger partial charge on any atom is -0.311 e. The van der Waals surface area contributed by atoms with Gasteiger partial charge in [-0.1, -0.05) is 160 Å². The second-order valence-corrected chi connectivity index (χ2v) is 23.2. The molecule has 10 rings (SSSR count). The molecule has 0 amide bonds. The summed E-state index contributed by atoms with van der Waals surface area (Å²) < 4.78 is 142. The second kappa shape index (κ2) is 15.8. The fraction of sp³-hybridized carbons (Fsp3) is 0. The Morgan fingerprint density at radius 1 is 0.257 bits per heavy atom. The SMILES string of the molecule is FS(F)(F)(F)(F)c1ccc(-c2c(-c3ccc(N(c4ccccc4)c4ccccc4)cc3)sc3c(-c4ccc(S(F)(F)(F)(F)F)cc4)c(-c4ccc(N(c5ccccc5)c5ccccc5)cc4)sc23)cc1. The number of rotatable bonds is 12. The molecule has 0 atom stereocenters. The predicted molar refractivity (Wildman–Crippen MR) is 274 cm³/mol. The topological polar surface area (TPSA) is 6.48 Å². The molecule has 0 radical (unpaired) electrons. The van der Waals surface area contributed by atoms with Gasteiger partial charge in [0, 0.05) is 55.0 Å². The molecule has 2 aromatic heterocycles. The van der Waals surface area contributed by atoms with Crippen LogP contribution in [0.25, 0.3) is 52.5 Å². The van der Waals surface area contributed by atoms with Gasteiger partial charge in [-0.25, -0.2) is 0 Å². The average molecular weight is 1030 g/mol. The zero-order chi connectivity index (χ0) is 49.2. The average Bonchev–Trinajstić information content (AvgIpc) is 3.89. The standard InChI is InChI=1S/C54H36F10N2S4/c55-69(56,57,58,59)47-33-25-37(26-34-47)49-51(39-21-29-45(30-22-39)65(41-13-5-1-6-14-41)42-15-7-2-8-16-42)67-54-50(38-27-35-48(36-28-38)70(60,61,62,63)64)52(68-53(49)54)40-23-31-46(32-24-40)66(43-17-9-3-10-18-43)44-19-11-4-12-20-44/h1-36H. The Hall–Kier alpha value is -6.98. The van der Waals surface area contributed by atoms with Crippen LogP contribution in [0.15, 0.2) is 228 Å². The number of para-hydroxylation sites is 4. The molecule has 0 bridgehead atoms. The number of hydrogen-bond donors (Lipinski definition) is 0. The normalized spacial score (nSPS) is 14.0. The maximum Gasteiger partial charge on any atom is 0.310 e. The first-order chi connectivity index (χ1) is 33.0. The fourth-order valence-electron chi connectivity index (χ4n) is 8.35. The van der Waals surface area contributed by atoms with E-state index in [0.717, 1.165) is 58.4 Å². The summed E-state index contributed by atoms with van der Waals surface area (Å²) in [6.45, 7) is 0. The van der Waals surface area contributed by atoms with E-state index in [4.69, 9.17) is 0 Å². The molecule has 0 aliphatic rings. The van der Waals surface area contributed by atoms with Gasteiger partial charge in [0.15, 0.2) is 0 Å². The molecule has 2 nitrogen and oxygen atoms in total. The van der Waals surface area contributed by atoms with Crippen LogP contribution in [-0.4, -0.2) is 0 Å². The number of hydrogen-bond acceptors (Lipinski definition) is 4. The van der Waals surface area contributed by atoms with Gasteiger partial charge in [-0.3, -0.25) is 0 Å². The highest BCUT2D eigenvalue weighted by molar-refractivity contribution is 8.46. The maximum atomic E-state index is 14.1. The Morgan fingerprint density at radius 3 is 0.729 bits per heavy atom. The van der Waals surface area contributed by atoms with Gasteiger partial charge in [0.25, 0.3) is 0 Å². The van der Waals surface area contributed by atoms with Crippen molar-refractivity contribution in [2.75, 3.05) is 9.80 Å². The van der Waals surface area contributed by atoms with Gasteiger partial charge < -0.3 is 9.80 Å². The van der Waals surface area contributed by atoms with Crippen molar-refractivity contribution in [3.05, 3.63) is 218 Å². The van der Waals surface area contributed by atoms with Gasteiger partial charge in [-0.2, -0.15) is 0 Å². The Bertz CT molecular complexity index is 3190. The third-order valence-electron chi connectivity index (χ3n) is 11.5. The molecule has 0 aliphatic carbocycles. The van der Waals surface area contributed by atoms with Gasteiger partial charge in [0.1, 0.15) is 9.79 Å². The molecule has 0 fully saturated rings. The van der Waals surface area contributed by atoms with Crippen LogP contribution in [0.5, 0.6) is 0 Å². The lowest BCUT2D eigenvalue weighted by Gasteiger charge is -2.40. The van der Waals surface area contributed by atoms with Crippen molar-refractivity contribution >= 4 is 86.6 Å². The monoisotopic (exact) mass is 1030 g/mol. The molecule has 70 heavy (non-hydrogen) atoms. The zero-order valence-electron chi connectivity index (χ0n) is 36.1. The van der Waals surface area contributed by atoms with E-state index in [1.54, 1.807) is 0 Å². The van der Waals surface area contributed by atoms with Gasteiger partial charge in [-0.05, 0) is 119 Å². The highest BCUT2D eigenvalue weighted by Crippen LogP contribution is 3.02. The summed E-state index contributed by atoms with van der Waals surface area (Å²) >= 11 is 2.39. The Balaban J connectivity index is 1.18. The number of benzene rings is 8. The Morgan fingerprint density at radius 2 is 0.486 bits per heavy atom. The second-order valence-electron chi connectivity index (χ2n) is 16.4. The maximum absolute atomic E-state index is 14.1. The summed E-state index contributed by atoms with van der Waals surface area (Å²) in [7, 11) is -20.2. The molecule has 16 heteroatoms. The van der Waals surface area contributed by atoms with E-state index < -0.39 is 30.2 Å². The first-order valence-corrected chi connectivity index (χ1v) is 26.8. The molecular formula is C54H36F10N2S4. The quantitative estimate of drug-likeness (QED) is 0.113. The van der Waals surface area contributed by atoms with Crippen LogP contribution in [0.1, 0.15) is 0 Å². The molecule has 0 unspecified atom stereocenters. The minimum absolute atomic E-state index is 0.165. The highest BCUT2D eigenvalue weighted by Gasteiger charge is 2.66. The molecule has 0 N–H and O–H groups in total. The van der Waals surface area contributed by atoms with Crippen molar-refractivity contribution < 1.29 is 38.9 Å².